The zero-order valence-corrected chi connectivity index (χ0v) is 31.5. The molecule has 0 aliphatic carbocycles. The first-order chi connectivity index (χ1) is 28.4. The molecule has 0 aliphatic heterocycles. The summed E-state index contributed by atoms with van der Waals surface area (Å²) in [6.07, 6.45) is -6.11. The summed E-state index contributed by atoms with van der Waals surface area (Å²) >= 11 is 0. The van der Waals surface area contributed by atoms with E-state index in [1.165, 1.54) is 0 Å². The number of benzene rings is 6. The number of rotatable bonds is 19. The normalized spacial score (nSPS) is 12.9. The number of ether oxygens (including phenoxy) is 6. The Labute approximate surface area is 336 Å². The standard InChI is InChI=1S/C48H42O10/c49-45(37-23-11-3-12-24-37)55-41(33-53-31-35-19-7-1-8-20-35)43(57-47(51)39-27-15-5-16-28-39)44(58-48(52)40-29-17-6-18-30-40)42(34-54-32-36-21-9-2-10-22-36)56-46(50)38-25-13-4-14-26-38/h1-30,41-44H,31-34H2. The second kappa shape index (κ2) is 21.4. The van der Waals surface area contributed by atoms with E-state index in [2.05, 4.69) is 0 Å². The van der Waals surface area contributed by atoms with E-state index in [4.69, 9.17) is 28.4 Å². The molecule has 0 fully saturated rings. The predicted molar refractivity (Wildman–Crippen MR) is 215 cm³/mol. The van der Waals surface area contributed by atoms with Crippen LogP contribution in [0.1, 0.15) is 52.6 Å². The van der Waals surface area contributed by atoms with Crippen molar-refractivity contribution in [3.8, 4) is 0 Å². The molecule has 0 aliphatic rings. The summed E-state index contributed by atoms with van der Waals surface area (Å²) in [4.78, 5) is 55.8. The Morgan fingerprint density at radius 1 is 0.328 bits per heavy atom. The molecule has 0 radical (unpaired) electrons. The molecule has 6 aromatic rings. The van der Waals surface area contributed by atoms with E-state index >= 15 is 0 Å². The maximum absolute atomic E-state index is 14.1. The van der Waals surface area contributed by atoms with Crippen LogP contribution >= 0.6 is 0 Å². The van der Waals surface area contributed by atoms with Crippen molar-refractivity contribution in [2.45, 2.75) is 37.6 Å². The summed E-state index contributed by atoms with van der Waals surface area (Å²) in [5.74, 6) is -3.18. The van der Waals surface area contributed by atoms with Gasteiger partial charge in [-0.1, -0.05) is 133 Å². The van der Waals surface area contributed by atoms with Gasteiger partial charge in [-0.25, -0.2) is 19.2 Å². The van der Waals surface area contributed by atoms with E-state index < -0.39 is 48.3 Å². The van der Waals surface area contributed by atoms with Crippen molar-refractivity contribution in [1.82, 2.24) is 0 Å². The van der Waals surface area contributed by atoms with Gasteiger partial charge in [0.25, 0.3) is 0 Å². The topological polar surface area (TPSA) is 124 Å². The smallest absolute Gasteiger partial charge is 0.338 e. The third-order valence-electron chi connectivity index (χ3n) is 8.89. The van der Waals surface area contributed by atoms with Gasteiger partial charge in [0.2, 0.25) is 0 Å². The molecule has 6 rings (SSSR count). The van der Waals surface area contributed by atoms with Gasteiger partial charge in [0.15, 0.2) is 24.4 Å². The van der Waals surface area contributed by atoms with Crippen molar-refractivity contribution < 1.29 is 47.6 Å². The maximum Gasteiger partial charge on any atom is 0.338 e. The first-order valence-corrected chi connectivity index (χ1v) is 18.7. The zero-order valence-electron chi connectivity index (χ0n) is 31.5. The molecule has 0 amide bonds. The average molecular weight is 779 g/mol. The van der Waals surface area contributed by atoms with Gasteiger partial charge in [-0.2, -0.15) is 0 Å². The third kappa shape index (κ3) is 12.1. The SMILES string of the molecule is O=C(OC(COCc1ccccc1)C(OC(=O)c1ccccc1)C(OC(=O)c1ccccc1)C(COCc1ccccc1)OC(=O)c1ccccc1)c1ccccc1. The Morgan fingerprint density at radius 2 is 0.569 bits per heavy atom. The van der Waals surface area contributed by atoms with Gasteiger partial charge in [-0.05, 0) is 59.7 Å². The minimum absolute atomic E-state index is 0.0979. The van der Waals surface area contributed by atoms with Crippen molar-refractivity contribution in [1.29, 1.82) is 0 Å². The Morgan fingerprint density at radius 3 is 0.845 bits per heavy atom. The van der Waals surface area contributed by atoms with Gasteiger partial charge in [0.05, 0.1) is 48.7 Å². The van der Waals surface area contributed by atoms with E-state index in [1.807, 2.05) is 60.7 Å². The molecule has 0 heterocycles. The fourth-order valence-electron chi connectivity index (χ4n) is 5.93. The molecule has 10 heteroatoms. The first kappa shape index (κ1) is 40.8. The third-order valence-corrected chi connectivity index (χ3v) is 8.89. The molecule has 10 nitrogen and oxygen atoms in total. The Bertz CT molecular complexity index is 2010. The molecule has 294 valence electrons. The molecule has 58 heavy (non-hydrogen) atoms. The molecular formula is C48H42O10. The minimum atomic E-state index is -1.63. The van der Waals surface area contributed by atoms with Crippen molar-refractivity contribution in [2.75, 3.05) is 13.2 Å². The quantitative estimate of drug-likeness (QED) is 0.0586. The van der Waals surface area contributed by atoms with Crippen LogP contribution in [-0.4, -0.2) is 61.5 Å². The molecule has 4 atom stereocenters. The van der Waals surface area contributed by atoms with Gasteiger partial charge < -0.3 is 28.4 Å². The van der Waals surface area contributed by atoms with Crippen LogP contribution in [-0.2, 0) is 41.6 Å². The average Bonchev–Trinajstić information content (AvgIpc) is 3.28. The summed E-state index contributed by atoms with van der Waals surface area (Å²) in [6, 6.07) is 51.5. The molecular weight excluding hydrogens is 737 g/mol. The van der Waals surface area contributed by atoms with Crippen molar-refractivity contribution >= 4 is 23.9 Å². The van der Waals surface area contributed by atoms with Crippen molar-refractivity contribution in [3.05, 3.63) is 215 Å². The monoisotopic (exact) mass is 778 g/mol. The second-order valence-electron chi connectivity index (χ2n) is 13.1. The van der Waals surface area contributed by atoms with Gasteiger partial charge in [0, 0.05) is 0 Å². The molecule has 0 N–H and O–H groups in total. The fraction of sp³-hybridized carbons (Fsp3) is 0.167. The van der Waals surface area contributed by atoms with Crippen LogP contribution in [0.25, 0.3) is 0 Å². The summed E-state index contributed by atoms with van der Waals surface area (Å²) in [5, 5.41) is 0. The Balaban J connectivity index is 1.44. The van der Waals surface area contributed by atoms with Crippen LogP contribution < -0.4 is 0 Å². The van der Waals surface area contributed by atoms with Crippen LogP contribution in [0.3, 0.4) is 0 Å². The maximum atomic E-state index is 14.1. The molecule has 0 aromatic heterocycles. The van der Waals surface area contributed by atoms with E-state index in [9.17, 15) is 19.2 Å². The summed E-state index contributed by atoms with van der Waals surface area (Å²) < 4.78 is 37.1. The van der Waals surface area contributed by atoms with Crippen molar-refractivity contribution in [2.24, 2.45) is 0 Å². The number of hydrogen-bond donors (Lipinski definition) is 0. The molecule has 0 bridgehead atoms. The summed E-state index contributed by atoms with van der Waals surface area (Å²) in [7, 11) is 0. The van der Waals surface area contributed by atoms with E-state index in [1.54, 1.807) is 121 Å². The van der Waals surface area contributed by atoms with Crippen LogP contribution in [0, 0.1) is 0 Å². The highest BCUT2D eigenvalue weighted by atomic mass is 16.6. The lowest BCUT2D eigenvalue weighted by molar-refractivity contribution is -0.147. The second-order valence-corrected chi connectivity index (χ2v) is 13.1. The van der Waals surface area contributed by atoms with E-state index in [-0.39, 0.29) is 48.7 Å². The minimum Gasteiger partial charge on any atom is -0.452 e. The van der Waals surface area contributed by atoms with Crippen LogP contribution in [0.5, 0.6) is 0 Å². The fourth-order valence-corrected chi connectivity index (χ4v) is 5.93. The van der Waals surface area contributed by atoms with Gasteiger partial charge in [-0.3, -0.25) is 0 Å². The highest BCUT2D eigenvalue weighted by molar-refractivity contribution is 5.92. The Kier molecular flexibility index (Phi) is 15.1. The van der Waals surface area contributed by atoms with Gasteiger partial charge >= 0.3 is 23.9 Å². The molecule has 0 saturated carbocycles. The highest BCUT2D eigenvalue weighted by Gasteiger charge is 2.45. The molecule has 0 saturated heterocycles. The Hall–Kier alpha value is -6.88. The van der Waals surface area contributed by atoms with Gasteiger partial charge in [0.1, 0.15) is 0 Å². The number of hydrogen-bond acceptors (Lipinski definition) is 10. The molecule has 6 aromatic carbocycles. The zero-order chi connectivity index (χ0) is 40.4. The lowest BCUT2D eigenvalue weighted by atomic mass is 10.0. The molecule has 4 unspecified atom stereocenters. The summed E-state index contributed by atoms with van der Waals surface area (Å²) in [6.45, 7) is -0.463. The highest BCUT2D eigenvalue weighted by Crippen LogP contribution is 2.25. The summed E-state index contributed by atoms with van der Waals surface area (Å²) in [5.41, 5.74) is 2.39. The number of carbonyl (C=O) groups is 4. The van der Waals surface area contributed by atoms with Crippen molar-refractivity contribution in [3.63, 3.8) is 0 Å². The first-order valence-electron chi connectivity index (χ1n) is 18.7. The van der Waals surface area contributed by atoms with Gasteiger partial charge in [-0.15, -0.1) is 0 Å². The predicted octanol–water partition coefficient (Wildman–Crippen LogP) is 8.32. The van der Waals surface area contributed by atoms with Crippen LogP contribution in [0.15, 0.2) is 182 Å². The lowest BCUT2D eigenvalue weighted by Crippen LogP contribution is -2.54. The lowest BCUT2D eigenvalue weighted by Gasteiger charge is -2.36. The molecule has 0 spiro atoms. The number of carbonyl (C=O) groups excluding carboxylic acids is 4. The number of esters is 4. The van der Waals surface area contributed by atoms with Crippen LogP contribution in [0.2, 0.25) is 0 Å². The van der Waals surface area contributed by atoms with E-state index in [0.717, 1.165) is 11.1 Å². The largest absolute Gasteiger partial charge is 0.452 e. The van der Waals surface area contributed by atoms with Crippen LogP contribution in [0.4, 0.5) is 0 Å². The van der Waals surface area contributed by atoms with E-state index in [0.29, 0.717) is 0 Å².